The van der Waals surface area contributed by atoms with Crippen LogP contribution in [0.4, 0.5) is 5.13 Å². The van der Waals surface area contributed by atoms with Crippen LogP contribution in [0.3, 0.4) is 0 Å². The van der Waals surface area contributed by atoms with Gasteiger partial charge in [0.2, 0.25) is 0 Å². The van der Waals surface area contributed by atoms with Crippen molar-refractivity contribution >= 4 is 16.5 Å². The number of anilines is 1. The van der Waals surface area contributed by atoms with Gasteiger partial charge in [-0.2, -0.15) is 0 Å². The van der Waals surface area contributed by atoms with E-state index in [1.165, 1.54) is 0 Å². The van der Waals surface area contributed by atoms with Crippen molar-refractivity contribution in [1.29, 1.82) is 0 Å². The molecule has 0 saturated carbocycles. The molecule has 0 aliphatic heterocycles. The second-order valence-electron chi connectivity index (χ2n) is 5.42. The molecule has 1 aromatic heterocycles. The lowest BCUT2D eigenvalue weighted by Gasteiger charge is -2.25. The largest absolute Gasteiger partial charge is 0.387 e. The fourth-order valence-electron chi connectivity index (χ4n) is 1.73. The van der Waals surface area contributed by atoms with Gasteiger partial charge < -0.3 is 10.0 Å². The van der Waals surface area contributed by atoms with Crippen LogP contribution in [0.1, 0.15) is 46.4 Å². The number of aliphatic hydroxyl groups is 1. The third kappa shape index (κ3) is 4.64. The third-order valence-electron chi connectivity index (χ3n) is 2.38. The second-order valence-corrected chi connectivity index (χ2v) is 6.26. The SMILES string of the molecule is CC(C)CN(CC(C)C)c1nc(C(C)O)cs1. The zero-order valence-corrected chi connectivity index (χ0v) is 12.3. The van der Waals surface area contributed by atoms with E-state index in [4.69, 9.17) is 0 Å². The monoisotopic (exact) mass is 256 g/mol. The van der Waals surface area contributed by atoms with E-state index in [0.717, 1.165) is 23.9 Å². The van der Waals surface area contributed by atoms with Crippen LogP contribution in [-0.2, 0) is 0 Å². The number of nitrogens with zero attached hydrogens (tertiary/aromatic N) is 2. The first-order chi connectivity index (χ1) is 7.90. The van der Waals surface area contributed by atoms with Crippen LogP contribution in [0.2, 0.25) is 0 Å². The predicted molar refractivity (Wildman–Crippen MR) is 74.6 cm³/mol. The molecule has 0 fully saturated rings. The summed E-state index contributed by atoms with van der Waals surface area (Å²) in [5.74, 6) is 1.24. The Kier molecular flexibility index (Phi) is 5.40. The van der Waals surface area contributed by atoms with Crippen LogP contribution in [0, 0.1) is 11.8 Å². The quantitative estimate of drug-likeness (QED) is 0.848. The van der Waals surface area contributed by atoms with Crippen molar-refractivity contribution in [2.45, 2.75) is 40.7 Å². The lowest BCUT2D eigenvalue weighted by molar-refractivity contribution is 0.195. The summed E-state index contributed by atoms with van der Waals surface area (Å²) in [6.45, 7) is 12.7. The topological polar surface area (TPSA) is 36.4 Å². The molecule has 1 unspecified atom stereocenters. The van der Waals surface area contributed by atoms with Crippen molar-refractivity contribution in [2.75, 3.05) is 18.0 Å². The minimum atomic E-state index is -0.472. The van der Waals surface area contributed by atoms with Crippen molar-refractivity contribution < 1.29 is 5.11 Å². The molecule has 98 valence electrons. The summed E-state index contributed by atoms with van der Waals surface area (Å²) < 4.78 is 0. The minimum absolute atomic E-state index is 0.472. The molecule has 1 aromatic rings. The lowest BCUT2D eigenvalue weighted by atomic mass is 10.1. The van der Waals surface area contributed by atoms with E-state index >= 15 is 0 Å². The number of hydrogen-bond acceptors (Lipinski definition) is 4. The van der Waals surface area contributed by atoms with Crippen molar-refractivity contribution in [3.05, 3.63) is 11.1 Å². The number of aromatic nitrogens is 1. The molecule has 17 heavy (non-hydrogen) atoms. The van der Waals surface area contributed by atoms with Crippen molar-refractivity contribution in [3.8, 4) is 0 Å². The van der Waals surface area contributed by atoms with Crippen LogP contribution >= 0.6 is 11.3 Å². The number of hydrogen-bond donors (Lipinski definition) is 1. The Hall–Kier alpha value is -0.610. The average molecular weight is 256 g/mol. The Morgan fingerprint density at radius 3 is 2.06 bits per heavy atom. The van der Waals surface area contributed by atoms with Gasteiger partial charge in [-0.05, 0) is 18.8 Å². The van der Waals surface area contributed by atoms with E-state index in [2.05, 4.69) is 37.6 Å². The fraction of sp³-hybridized carbons (Fsp3) is 0.769. The minimum Gasteiger partial charge on any atom is -0.387 e. The molecule has 4 heteroatoms. The summed E-state index contributed by atoms with van der Waals surface area (Å²) in [6.07, 6.45) is -0.472. The molecule has 0 amide bonds. The molecule has 0 saturated heterocycles. The number of aliphatic hydroxyl groups excluding tert-OH is 1. The van der Waals surface area contributed by atoms with E-state index in [0.29, 0.717) is 11.8 Å². The van der Waals surface area contributed by atoms with Gasteiger partial charge in [-0.25, -0.2) is 4.98 Å². The maximum atomic E-state index is 9.51. The van der Waals surface area contributed by atoms with Gasteiger partial charge in [-0.3, -0.25) is 0 Å². The Morgan fingerprint density at radius 1 is 1.18 bits per heavy atom. The molecule has 0 aromatic carbocycles. The molecule has 0 aliphatic rings. The molecule has 1 N–H and O–H groups in total. The molecule has 0 radical (unpaired) electrons. The standard InChI is InChI=1S/C13H24N2OS/c1-9(2)6-15(7-10(3)4)13-14-12(8-17-13)11(5)16/h8-11,16H,6-7H2,1-5H3. The summed E-state index contributed by atoms with van der Waals surface area (Å²) in [6, 6.07) is 0. The summed E-state index contributed by atoms with van der Waals surface area (Å²) in [5.41, 5.74) is 0.780. The van der Waals surface area contributed by atoms with Gasteiger partial charge >= 0.3 is 0 Å². The Balaban J connectivity index is 2.80. The van der Waals surface area contributed by atoms with Gasteiger partial charge in [0.25, 0.3) is 0 Å². The summed E-state index contributed by atoms with van der Waals surface area (Å²) in [5, 5.41) is 12.5. The van der Waals surface area contributed by atoms with E-state index in [9.17, 15) is 5.11 Å². The summed E-state index contributed by atoms with van der Waals surface area (Å²) in [4.78, 5) is 6.84. The highest BCUT2D eigenvalue weighted by atomic mass is 32.1. The van der Waals surface area contributed by atoms with Gasteiger partial charge in [0, 0.05) is 18.5 Å². The Morgan fingerprint density at radius 2 is 1.71 bits per heavy atom. The normalized spacial score (nSPS) is 13.4. The van der Waals surface area contributed by atoms with E-state index in [1.807, 2.05) is 5.38 Å². The highest BCUT2D eigenvalue weighted by Crippen LogP contribution is 2.25. The molecule has 0 aliphatic carbocycles. The van der Waals surface area contributed by atoms with Crippen LogP contribution in [0.5, 0.6) is 0 Å². The van der Waals surface area contributed by atoms with E-state index in [-0.39, 0.29) is 0 Å². The first kappa shape index (κ1) is 14.5. The molecule has 1 atom stereocenters. The van der Waals surface area contributed by atoms with Gasteiger partial charge in [0.15, 0.2) is 5.13 Å². The first-order valence-electron chi connectivity index (χ1n) is 6.28. The molecule has 1 heterocycles. The maximum Gasteiger partial charge on any atom is 0.185 e. The van der Waals surface area contributed by atoms with Gasteiger partial charge in [-0.15, -0.1) is 11.3 Å². The molecular weight excluding hydrogens is 232 g/mol. The Labute approximate surface area is 108 Å². The van der Waals surface area contributed by atoms with Crippen molar-refractivity contribution in [2.24, 2.45) is 11.8 Å². The molecule has 0 bridgehead atoms. The Bertz CT molecular complexity index is 324. The van der Waals surface area contributed by atoms with E-state index in [1.54, 1.807) is 18.3 Å². The predicted octanol–water partition coefficient (Wildman–Crippen LogP) is 3.31. The first-order valence-corrected chi connectivity index (χ1v) is 7.16. The highest BCUT2D eigenvalue weighted by molar-refractivity contribution is 7.13. The number of rotatable bonds is 6. The van der Waals surface area contributed by atoms with Gasteiger partial charge in [-0.1, -0.05) is 27.7 Å². The van der Waals surface area contributed by atoms with Crippen LogP contribution in [-0.4, -0.2) is 23.2 Å². The van der Waals surface area contributed by atoms with Crippen LogP contribution in [0.25, 0.3) is 0 Å². The average Bonchev–Trinajstić information content (AvgIpc) is 2.63. The summed E-state index contributed by atoms with van der Waals surface area (Å²) >= 11 is 1.62. The number of thiazole rings is 1. The second kappa shape index (κ2) is 6.36. The van der Waals surface area contributed by atoms with E-state index < -0.39 is 6.10 Å². The molecule has 1 rings (SSSR count). The highest BCUT2D eigenvalue weighted by Gasteiger charge is 2.15. The molecule has 3 nitrogen and oxygen atoms in total. The maximum absolute atomic E-state index is 9.51. The fourth-order valence-corrected chi connectivity index (χ4v) is 2.66. The van der Waals surface area contributed by atoms with Crippen molar-refractivity contribution in [1.82, 2.24) is 4.98 Å². The van der Waals surface area contributed by atoms with Gasteiger partial charge in [0.05, 0.1) is 11.8 Å². The third-order valence-corrected chi connectivity index (χ3v) is 3.30. The zero-order chi connectivity index (χ0) is 13.0. The molecule has 0 spiro atoms. The zero-order valence-electron chi connectivity index (χ0n) is 11.5. The smallest absolute Gasteiger partial charge is 0.185 e. The molecular formula is C13H24N2OS. The van der Waals surface area contributed by atoms with Gasteiger partial charge in [0.1, 0.15) is 0 Å². The lowest BCUT2D eigenvalue weighted by Crippen LogP contribution is -2.31. The van der Waals surface area contributed by atoms with Crippen molar-refractivity contribution in [3.63, 3.8) is 0 Å². The van der Waals surface area contributed by atoms with Crippen LogP contribution < -0.4 is 4.90 Å². The summed E-state index contributed by atoms with van der Waals surface area (Å²) in [7, 11) is 0. The van der Waals surface area contributed by atoms with Crippen LogP contribution in [0.15, 0.2) is 5.38 Å².